The van der Waals surface area contributed by atoms with Gasteiger partial charge in [-0.3, -0.25) is 4.79 Å². The molecule has 0 aliphatic heterocycles. The largest absolute Gasteiger partial charge is 0.385 e. The van der Waals surface area contributed by atoms with Crippen LogP contribution in [-0.4, -0.2) is 17.0 Å². The van der Waals surface area contributed by atoms with Crippen LogP contribution in [0, 0.1) is 5.92 Å². The summed E-state index contributed by atoms with van der Waals surface area (Å²) in [5.41, 5.74) is 0. The molecule has 0 aromatic rings. The average Bonchev–Trinajstić information content (AvgIpc) is 2.36. The minimum atomic E-state index is -0.678. The lowest BCUT2D eigenvalue weighted by Gasteiger charge is -2.13. The summed E-state index contributed by atoms with van der Waals surface area (Å²) < 4.78 is 0. The fraction of sp³-hybridized carbons (Fsp3) is 0.875. The van der Waals surface area contributed by atoms with Crippen molar-refractivity contribution in [2.45, 2.75) is 38.7 Å². The summed E-state index contributed by atoms with van der Waals surface area (Å²) in [7, 11) is 0. The molecule has 1 saturated carbocycles. The molecule has 0 spiro atoms. The van der Waals surface area contributed by atoms with Crippen molar-refractivity contribution in [2.24, 2.45) is 5.92 Å². The monoisotopic (exact) mass is 142 g/mol. The van der Waals surface area contributed by atoms with Crippen LogP contribution in [0.2, 0.25) is 0 Å². The molecule has 10 heavy (non-hydrogen) atoms. The molecule has 58 valence electrons. The van der Waals surface area contributed by atoms with E-state index in [0.29, 0.717) is 0 Å². The first-order chi connectivity index (χ1) is 4.72. The third-order valence-electron chi connectivity index (χ3n) is 2.26. The summed E-state index contributed by atoms with van der Waals surface area (Å²) in [6, 6.07) is 0. The van der Waals surface area contributed by atoms with E-state index in [0.717, 1.165) is 12.8 Å². The molecule has 2 nitrogen and oxygen atoms in total. The van der Waals surface area contributed by atoms with Gasteiger partial charge >= 0.3 is 0 Å². The van der Waals surface area contributed by atoms with Crippen LogP contribution in [-0.2, 0) is 4.79 Å². The Balaban J connectivity index is 2.39. The molecule has 1 aliphatic rings. The van der Waals surface area contributed by atoms with Gasteiger partial charge in [0.25, 0.3) is 0 Å². The first kappa shape index (κ1) is 7.73. The molecule has 0 bridgehead atoms. The summed E-state index contributed by atoms with van der Waals surface area (Å²) in [5.74, 6) is 0.185. The number of aliphatic hydroxyl groups excluding tert-OH is 1. The maximum absolute atomic E-state index is 10.7. The predicted octanol–water partition coefficient (Wildman–Crippen LogP) is 1.13. The van der Waals surface area contributed by atoms with Crippen molar-refractivity contribution < 1.29 is 9.90 Å². The minimum absolute atomic E-state index is 0.0769. The molecule has 0 heterocycles. The van der Waals surface area contributed by atoms with Crippen molar-refractivity contribution in [1.82, 2.24) is 0 Å². The summed E-state index contributed by atoms with van der Waals surface area (Å²) in [6.45, 7) is 1.46. The van der Waals surface area contributed by atoms with Crippen molar-refractivity contribution in [3.63, 3.8) is 0 Å². The molecule has 1 fully saturated rings. The van der Waals surface area contributed by atoms with E-state index in [1.54, 1.807) is 0 Å². The summed E-state index contributed by atoms with van der Waals surface area (Å²) >= 11 is 0. The van der Waals surface area contributed by atoms with Gasteiger partial charge in [0.2, 0.25) is 0 Å². The highest BCUT2D eigenvalue weighted by Gasteiger charge is 2.25. The fourth-order valence-corrected chi connectivity index (χ4v) is 1.61. The third-order valence-corrected chi connectivity index (χ3v) is 2.26. The van der Waals surface area contributed by atoms with E-state index in [9.17, 15) is 9.90 Å². The quantitative estimate of drug-likeness (QED) is 0.627. The van der Waals surface area contributed by atoms with Gasteiger partial charge in [-0.1, -0.05) is 12.8 Å². The smallest absolute Gasteiger partial charge is 0.158 e. The molecule has 0 radical (unpaired) electrons. The Morgan fingerprint density at radius 2 is 2.00 bits per heavy atom. The molecule has 0 saturated heterocycles. The van der Waals surface area contributed by atoms with Gasteiger partial charge in [0, 0.05) is 0 Å². The molecule has 1 atom stereocenters. The van der Waals surface area contributed by atoms with Crippen LogP contribution in [0.5, 0.6) is 0 Å². The minimum Gasteiger partial charge on any atom is -0.385 e. The Bertz CT molecular complexity index is 125. The maximum Gasteiger partial charge on any atom is 0.158 e. The van der Waals surface area contributed by atoms with E-state index in [2.05, 4.69) is 0 Å². The number of ketones is 1. The first-order valence-corrected chi connectivity index (χ1v) is 3.90. The van der Waals surface area contributed by atoms with Crippen molar-refractivity contribution in [1.29, 1.82) is 0 Å². The Labute approximate surface area is 61.2 Å². The lowest BCUT2D eigenvalue weighted by Crippen LogP contribution is -2.25. The molecular formula is C8H14O2. The van der Waals surface area contributed by atoms with Crippen LogP contribution in [0.15, 0.2) is 0 Å². The van der Waals surface area contributed by atoms with Crippen molar-refractivity contribution >= 4 is 5.78 Å². The van der Waals surface area contributed by atoms with Gasteiger partial charge in [0.15, 0.2) is 5.78 Å². The predicted molar refractivity (Wildman–Crippen MR) is 38.6 cm³/mol. The second kappa shape index (κ2) is 3.15. The summed E-state index contributed by atoms with van der Waals surface area (Å²) in [5, 5.41) is 9.28. The van der Waals surface area contributed by atoms with E-state index >= 15 is 0 Å². The Morgan fingerprint density at radius 3 is 2.40 bits per heavy atom. The number of hydrogen-bond acceptors (Lipinski definition) is 2. The molecule has 0 aromatic carbocycles. The van der Waals surface area contributed by atoms with Crippen LogP contribution in [0.25, 0.3) is 0 Å². The molecule has 1 rings (SSSR count). The maximum atomic E-state index is 10.7. The number of hydrogen-bond donors (Lipinski definition) is 1. The number of rotatable bonds is 2. The van der Waals surface area contributed by atoms with Gasteiger partial charge in [0.1, 0.15) is 6.10 Å². The highest BCUT2D eigenvalue weighted by Crippen LogP contribution is 2.27. The third kappa shape index (κ3) is 1.57. The van der Waals surface area contributed by atoms with Gasteiger partial charge in [0.05, 0.1) is 0 Å². The summed E-state index contributed by atoms with van der Waals surface area (Å²) in [6.07, 6.45) is 3.73. The molecule has 1 unspecified atom stereocenters. The number of aliphatic hydroxyl groups is 1. The van der Waals surface area contributed by atoms with E-state index in [1.165, 1.54) is 19.8 Å². The zero-order chi connectivity index (χ0) is 7.56. The highest BCUT2D eigenvalue weighted by molar-refractivity contribution is 5.80. The number of carbonyl (C=O) groups is 1. The van der Waals surface area contributed by atoms with Crippen molar-refractivity contribution in [2.75, 3.05) is 0 Å². The average molecular weight is 142 g/mol. The lowest BCUT2D eigenvalue weighted by atomic mass is 9.98. The van der Waals surface area contributed by atoms with E-state index in [-0.39, 0.29) is 11.7 Å². The van der Waals surface area contributed by atoms with Crippen LogP contribution in [0.4, 0.5) is 0 Å². The first-order valence-electron chi connectivity index (χ1n) is 3.90. The Hall–Kier alpha value is -0.370. The van der Waals surface area contributed by atoms with Crippen LogP contribution >= 0.6 is 0 Å². The molecule has 2 heteroatoms. The van der Waals surface area contributed by atoms with E-state index in [4.69, 9.17) is 0 Å². The number of Topliss-reactive ketones (excluding diaryl/α,β-unsaturated/α-hetero) is 1. The van der Waals surface area contributed by atoms with Gasteiger partial charge in [-0.2, -0.15) is 0 Å². The molecular weight excluding hydrogens is 128 g/mol. The normalized spacial score (nSPS) is 23.0. The molecule has 1 N–H and O–H groups in total. The van der Waals surface area contributed by atoms with Crippen LogP contribution < -0.4 is 0 Å². The van der Waals surface area contributed by atoms with E-state index in [1.807, 2.05) is 0 Å². The lowest BCUT2D eigenvalue weighted by molar-refractivity contribution is -0.127. The Kier molecular flexibility index (Phi) is 2.44. The highest BCUT2D eigenvalue weighted by atomic mass is 16.3. The zero-order valence-electron chi connectivity index (χ0n) is 6.34. The van der Waals surface area contributed by atoms with Crippen molar-refractivity contribution in [3.05, 3.63) is 0 Å². The van der Waals surface area contributed by atoms with Crippen molar-refractivity contribution in [3.8, 4) is 0 Å². The SMILES string of the molecule is CC(=O)C(O)C1CCCC1. The van der Waals surface area contributed by atoms with Gasteiger partial charge in [-0.05, 0) is 25.7 Å². The number of carbonyl (C=O) groups excluding carboxylic acids is 1. The van der Waals surface area contributed by atoms with Gasteiger partial charge in [-0.15, -0.1) is 0 Å². The van der Waals surface area contributed by atoms with Gasteiger partial charge in [-0.25, -0.2) is 0 Å². The second-order valence-corrected chi connectivity index (χ2v) is 3.10. The fourth-order valence-electron chi connectivity index (χ4n) is 1.61. The molecule has 0 amide bonds. The topological polar surface area (TPSA) is 37.3 Å². The summed E-state index contributed by atoms with van der Waals surface area (Å²) in [4.78, 5) is 10.7. The Morgan fingerprint density at radius 1 is 1.50 bits per heavy atom. The second-order valence-electron chi connectivity index (χ2n) is 3.10. The molecule has 1 aliphatic carbocycles. The van der Waals surface area contributed by atoms with Crippen LogP contribution in [0.3, 0.4) is 0 Å². The standard InChI is InChI=1S/C8H14O2/c1-6(9)8(10)7-4-2-3-5-7/h7-8,10H,2-5H2,1H3. The van der Waals surface area contributed by atoms with E-state index < -0.39 is 6.10 Å². The zero-order valence-corrected chi connectivity index (χ0v) is 6.34. The van der Waals surface area contributed by atoms with Gasteiger partial charge < -0.3 is 5.11 Å². The molecule has 0 aromatic heterocycles. The van der Waals surface area contributed by atoms with Crippen LogP contribution in [0.1, 0.15) is 32.6 Å².